The van der Waals surface area contributed by atoms with Crippen molar-refractivity contribution in [2.45, 2.75) is 6.54 Å². The van der Waals surface area contributed by atoms with Crippen molar-refractivity contribution in [3.8, 4) is 11.6 Å². The highest BCUT2D eigenvalue weighted by molar-refractivity contribution is 9.10. The van der Waals surface area contributed by atoms with E-state index in [0.29, 0.717) is 5.88 Å². The van der Waals surface area contributed by atoms with Gasteiger partial charge in [0.15, 0.2) is 16.5 Å². The van der Waals surface area contributed by atoms with E-state index in [1.54, 1.807) is 12.1 Å². The number of ether oxygens (including phenoxy) is 1. The van der Waals surface area contributed by atoms with Crippen LogP contribution in [0.5, 0.6) is 11.6 Å². The first-order chi connectivity index (χ1) is 9.19. The highest BCUT2D eigenvalue weighted by Crippen LogP contribution is 2.30. The van der Waals surface area contributed by atoms with Gasteiger partial charge in [-0.3, -0.25) is 4.40 Å². The van der Waals surface area contributed by atoms with Crippen LogP contribution in [0.1, 0.15) is 5.69 Å². The summed E-state index contributed by atoms with van der Waals surface area (Å²) in [6.07, 6.45) is 1.86. The fraction of sp³-hybridized carbons (Fsp3) is 0.0833. The molecule has 0 aliphatic carbocycles. The summed E-state index contributed by atoms with van der Waals surface area (Å²) in [4.78, 5) is 5.08. The van der Waals surface area contributed by atoms with Crippen LogP contribution >= 0.6 is 27.3 Å². The fourth-order valence-corrected chi connectivity index (χ4v) is 2.80. The van der Waals surface area contributed by atoms with E-state index in [4.69, 9.17) is 10.5 Å². The van der Waals surface area contributed by atoms with Gasteiger partial charge in [-0.25, -0.2) is 4.39 Å². The van der Waals surface area contributed by atoms with Crippen molar-refractivity contribution in [2.24, 2.45) is 5.73 Å². The molecule has 0 atom stereocenters. The van der Waals surface area contributed by atoms with E-state index in [2.05, 4.69) is 20.9 Å². The van der Waals surface area contributed by atoms with Gasteiger partial charge in [0.05, 0.1) is 0 Å². The Bertz CT molecular complexity index is 740. The van der Waals surface area contributed by atoms with E-state index in [9.17, 15) is 4.39 Å². The maximum atomic E-state index is 13.7. The van der Waals surface area contributed by atoms with Gasteiger partial charge in [0.1, 0.15) is 5.69 Å². The van der Waals surface area contributed by atoms with E-state index < -0.39 is 5.82 Å². The SMILES string of the molecule is NCc1c(Oc2cc(Br)ccc2F)nc2sccn12. The molecular weight excluding hydrogens is 333 g/mol. The molecule has 0 fully saturated rings. The molecule has 0 spiro atoms. The Morgan fingerprint density at radius 1 is 1.47 bits per heavy atom. The summed E-state index contributed by atoms with van der Waals surface area (Å²) in [5.74, 6) is 0.0173. The second-order valence-corrected chi connectivity index (χ2v) is 5.59. The van der Waals surface area contributed by atoms with Gasteiger partial charge in [0, 0.05) is 22.6 Å². The van der Waals surface area contributed by atoms with Crippen LogP contribution in [0, 0.1) is 5.82 Å². The minimum absolute atomic E-state index is 0.120. The Morgan fingerprint density at radius 3 is 3.11 bits per heavy atom. The van der Waals surface area contributed by atoms with E-state index >= 15 is 0 Å². The topological polar surface area (TPSA) is 52.5 Å². The van der Waals surface area contributed by atoms with Gasteiger partial charge in [0.25, 0.3) is 0 Å². The minimum atomic E-state index is -0.442. The zero-order chi connectivity index (χ0) is 13.4. The molecule has 0 bridgehead atoms. The Morgan fingerprint density at radius 2 is 2.32 bits per heavy atom. The number of fused-ring (bicyclic) bond motifs is 1. The highest BCUT2D eigenvalue weighted by Gasteiger charge is 2.15. The average Bonchev–Trinajstić information content (AvgIpc) is 2.94. The number of hydrogen-bond acceptors (Lipinski definition) is 4. The van der Waals surface area contributed by atoms with Crippen LogP contribution < -0.4 is 10.5 Å². The van der Waals surface area contributed by atoms with Gasteiger partial charge in [0.2, 0.25) is 5.88 Å². The third kappa shape index (κ3) is 2.24. The lowest BCUT2D eigenvalue weighted by Gasteiger charge is -2.06. The summed E-state index contributed by atoms with van der Waals surface area (Å²) < 4.78 is 21.8. The molecule has 0 saturated carbocycles. The molecule has 0 aliphatic heterocycles. The summed E-state index contributed by atoms with van der Waals surface area (Å²) in [7, 11) is 0. The molecule has 2 heterocycles. The zero-order valence-electron chi connectivity index (χ0n) is 9.64. The molecule has 2 aromatic heterocycles. The molecule has 3 rings (SSSR count). The van der Waals surface area contributed by atoms with Gasteiger partial charge >= 0.3 is 0 Å². The Kier molecular flexibility index (Phi) is 3.26. The van der Waals surface area contributed by atoms with Crippen LogP contribution in [0.3, 0.4) is 0 Å². The Labute approximate surface area is 120 Å². The molecule has 2 N–H and O–H groups in total. The van der Waals surface area contributed by atoms with Crippen molar-refractivity contribution in [1.29, 1.82) is 0 Å². The minimum Gasteiger partial charge on any atom is -0.434 e. The summed E-state index contributed by atoms with van der Waals surface area (Å²) >= 11 is 4.75. The normalized spacial score (nSPS) is 11.1. The van der Waals surface area contributed by atoms with Gasteiger partial charge in [-0.1, -0.05) is 15.9 Å². The molecule has 0 saturated heterocycles. The van der Waals surface area contributed by atoms with Crippen molar-refractivity contribution < 1.29 is 9.13 Å². The average molecular weight is 342 g/mol. The van der Waals surface area contributed by atoms with Crippen LogP contribution in [0.2, 0.25) is 0 Å². The van der Waals surface area contributed by atoms with E-state index in [1.165, 1.54) is 17.4 Å². The van der Waals surface area contributed by atoms with Gasteiger partial charge in [-0.15, -0.1) is 11.3 Å². The van der Waals surface area contributed by atoms with Gasteiger partial charge in [-0.2, -0.15) is 4.98 Å². The van der Waals surface area contributed by atoms with E-state index in [0.717, 1.165) is 15.1 Å². The predicted octanol–water partition coefficient (Wildman–Crippen LogP) is 3.55. The molecule has 98 valence electrons. The first kappa shape index (κ1) is 12.6. The molecule has 19 heavy (non-hydrogen) atoms. The Hall–Kier alpha value is -1.44. The van der Waals surface area contributed by atoms with Crippen LogP contribution in [0.15, 0.2) is 34.2 Å². The molecule has 4 nitrogen and oxygen atoms in total. The lowest BCUT2D eigenvalue weighted by molar-refractivity contribution is 0.424. The van der Waals surface area contributed by atoms with E-state index in [-0.39, 0.29) is 12.3 Å². The molecule has 1 aromatic carbocycles. The number of nitrogens with two attached hydrogens (primary N) is 1. The van der Waals surface area contributed by atoms with Crippen molar-refractivity contribution >= 4 is 32.2 Å². The monoisotopic (exact) mass is 341 g/mol. The van der Waals surface area contributed by atoms with Crippen LogP contribution in [0.25, 0.3) is 4.96 Å². The van der Waals surface area contributed by atoms with Crippen LogP contribution in [-0.4, -0.2) is 9.38 Å². The largest absolute Gasteiger partial charge is 0.434 e. The second kappa shape index (κ2) is 4.92. The number of hydrogen-bond donors (Lipinski definition) is 1. The third-order valence-electron chi connectivity index (χ3n) is 2.62. The molecule has 0 aliphatic rings. The van der Waals surface area contributed by atoms with Crippen molar-refractivity contribution in [1.82, 2.24) is 9.38 Å². The smallest absolute Gasteiger partial charge is 0.243 e. The van der Waals surface area contributed by atoms with E-state index in [1.807, 2.05) is 16.0 Å². The number of nitrogens with zero attached hydrogens (tertiary/aromatic N) is 2. The first-order valence-corrected chi connectivity index (χ1v) is 7.13. The summed E-state index contributed by atoms with van der Waals surface area (Å²) in [5.41, 5.74) is 6.42. The first-order valence-electron chi connectivity index (χ1n) is 5.46. The maximum Gasteiger partial charge on any atom is 0.243 e. The Balaban J connectivity index is 2.05. The van der Waals surface area contributed by atoms with Gasteiger partial charge in [-0.05, 0) is 18.2 Å². The summed E-state index contributed by atoms with van der Waals surface area (Å²) in [6.45, 7) is 0.267. The predicted molar refractivity (Wildman–Crippen MR) is 75.1 cm³/mol. The molecule has 0 amide bonds. The number of thiazole rings is 1. The molecule has 0 radical (unpaired) electrons. The maximum absolute atomic E-state index is 13.7. The molecule has 7 heteroatoms. The standard InChI is InChI=1S/C12H9BrFN3OS/c13-7-1-2-8(14)10(5-7)18-11-9(6-15)17-3-4-19-12(17)16-11/h1-5H,6,15H2. The van der Waals surface area contributed by atoms with Crippen molar-refractivity contribution in [3.05, 3.63) is 45.8 Å². The highest BCUT2D eigenvalue weighted by atomic mass is 79.9. The van der Waals surface area contributed by atoms with Crippen molar-refractivity contribution in [3.63, 3.8) is 0 Å². The van der Waals surface area contributed by atoms with Crippen molar-refractivity contribution in [2.75, 3.05) is 0 Å². The van der Waals surface area contributed by atoms with Gasteiger partial charge < -0.3 is 10.5 Å². The lowest BCUT2D eigenvalue weighted by Crippen LogP contribution is -2.02. The second-order valence-electron chi connectivity index (χ2n) is 3.80. The lowest BCUT2D eigenvalue weighted by atomic mass is 10.3. The molecule has 3 aromatic rings. The molecular formula is C12H9BrFN3OS. The summed E-state index contributed by atoms with van der Waals surface area (Å²) in [5, 5.41) is 1.91. The number of rotatable bonds is 3. The quantitative estimate of drug-likeness (QED) is 0.792. The number of benzene rings is 1. The number of halogens is 2. The van der Waals surface area contributed by atoms with Crippen LogP contribution in [-0.2, 0) is 6.54 Å². The summed E-state index contributed by atoms with van der Waals surface area (Å²) in [6, 6.07) is 4.50. The fourth-order valence-electron chi connectivity index (χ4n) is 1.74. The number of imidazole rings is 1. The van der Waals surface area contributed by atoms with Crippen LogP contribution in [0.4, 0.5) is 4.39 Å². The molecule has 0 unspecified atom stereocenters. The zero-order valence-corrected chi connectivity index (χ0v) is 12.0. The third-order valence-corrected chi connectivity index (χ3v) is 3.87. The number of aromatic nitrogens is 2.